The second-order valence-electron chi connectivity index (χ2n) is 4.89. The van der Waals surface area contributed by atoms with E-state index in [4.69, 9.17) is 0 Å². The summed E-state index contributed by atoms with van der Waals surface area (Å²) >= 11 is 0. The van der Waals surface area contributed by atoms with Gasteiger partial charge < -0.3 is 15.4 Å². The van der Waals surface area contributed by atoms with Gasteiger partial charge in [-0.05, 0) is 12.5 Å². The first kappa shape index (κ1) is 18.2. The molecule has 0 radical (unpaired) electrons. The molecule has 0 spiro atoms. The summed E-state index contributed by atoms with van der Waals surface area (Å²) in [6.07, 6.45) is -5.03. The molecular formula is C14H12F3N3O5. The van der Waals surface area contributed by atoms with Crippen molar-refractivity contribution in [1.82, 2.24) is 10.6 Å². The third kappa shape index (κ3) is 3.87. The number of nitro benzene ring substituents is 1. The average Bonchev–Trinajstić information content (AvgIpc) is 2.53. The van der Waals surface area contributed by atoms with Crippen LogP contribution in [-0.2, 0) is 9.53 Å². The number of nitrogens with zero attached hydrogens (tertiary/aromatic N) is 1. The van der Waals surface area contributed by atoms with E-state index in [0.29, 0.717) is 0 Å². The lowest BCUT2D eigenvalue weighted by molar-refractivity contribution is -0.384. The maximum absolute atomic E-state index is 13.2. The SMILES string of the molecule is CCOC(=O)C1=C(C(F)(F)F)NC(=O)NC1c1cccc([N+](=O)[O-])c1. The summed E-state index contributed by atoms with van der Waals surface area (Å²) in [6, 6.07) is 1.85. The van der Waals surface area contributed by atoms with Gasteiger partial charge in [0.2, 0.25) is 0 Å². The third-order valence-corrected chi connectivity index (χ3v) is 3.27. The van der Waals surface area contributed by atoms with Gasteiger partial charge in [0.05, 0.1) is 23.1 Å². The van der Waals surface area contributed by atoms with Crippen LogP contribution in [0.3, 0.4) is 0 Å². The van der Waals surface area contributed by atoms with E-state index in [2.05, 4.69) is 10.1 Å². The van der Waals surface area contributed by atoms with Crippen molar-refractivity contribution in [3.8, 4) is 0 Å². The van der Waals surface area contributed by atoms with E-state index in [1.807, 2.05) is 0 Å². The van der Waals surface area contributed by atoms with E-state index in [-0.39, 0.29) is 12.2 Å². The molecule has 11 heteroatoms. The Morgan fingerprint density at radius 2 is 2.08 bits per heavy atom. The number of hydrogen-bond donors (Lipinski definition) is 2. The molecular weight excluding hydrogens is 347 g/mol. The standard InChI is InChI=1S/C14H12F3N3O5/c1-2-25-12(21)9-10(7-4-3-5-8(6-7)20(23)24)18-13(22)19-11(9)14(15,16)17/h3-6,10H,2H2,1H3,(H2,18,19,22). The molecule has 1 aliphatic heterocycles. The van der Waals surface area contributed by atoms with E-state index in [1.54, 1.807) is 5.32 Å². The Labute approximate surface area is 138 Å². The van der Waals surface area contributed by atoms with Crippen molar-refractivity contribution < 1.29 is 32.4 Å². The van der Waals surface area contributed by atoms with Crippen molar-refractivity contribution in [2.45, 2.75) is 19.1 Å². The van der Waals surface area contributed by atoms with Crippen LogP contribution in [0.2, 0.25) is 0 Å². The molecule has 1 aromatic rings. The number of halogens is 3. The number of nitro groups is 1. The smallest absolute Gasteiger partial charge is 0.432 e. The topological polar surface area (TPSA) is 111 Å². The first-order valence-electron chi connectivity index (χ1n) is 6.95. The number of amides is 2. The van der Waals surface area contributed by atoms with Gasteiger partial charge in [-0.15, -0.1) is 0 Å². The maximum Gasteiger partial charge on any atom is 0.432 e. The molecule has 0 bridgehead atoms. The number of esters is 1. The van der Waals surface area contributed by atoms with E-state index < -0.39 is 46.1 Å². The number of rotatable bonds is 4. The highest BCUT2D eigenvalue weighted by molar-refractivity contribution is 5.95. The third-order valence-electron chi connectivity index (χ3n) is 3.27. The van der Waals surface area contributed by atoms with Crippen molar-refractivity contribution in [3.63, 3.8) is 0 Å². The number of non-ortho nitro benzene ring substituents is 1. The fraction of sp³-hybridized carbons (Fsp3) is 0.286. The zero-order chi connectivity index (χ0) is 18.8. The van der Waals surface area contributed by atoms with Gasteiger partial charge in [-0.25, -0.2) is 9.59 Å². The number of nitrogens with one attached hydrogen (secondary N) is 2. The molecule has 134 valence electrons. The van der Waals surface area contributed by atoms with Crippen LogP contribution in [0, 0.1) is 10.1 Å². The Bertz CT molecular complexity index is 760. The molecule has 1 heterocycles. The van der Waals surface area contributed by atoms with Crippen molar-refractivity contribution in [3.05, 3.63) is 51.2 Å². The molecule has 2 rings (SSSR count). The summed E-state index contributed by atoms with van der Waals surface area (Å²) in [5.74, 6) is -1.29. The van der Waals surface area contributed by atoms with Crippen LogP contribution in [0.5, 0.6) is 0 Å². The number of carbonyl (C=O) groups excluding carboxylic acids is 2. The van der Waals surface area contributed by atoms with Crippen LogP contribution in [0.25, 0.3) is 0 Å². The normalized spacial score (nSPS) is 17.6. The lowest BCUT2D eigenvalue weighted by Gasteiger charge is -2.29. The average molecular weight is 359 g/mol. The maximum atomic E-state index is 13.2. The summed E-state index contributed by atoms with van der Waals surface area (Å²) in [4.78, 5) is 33.8. The monoisotopic (exact) mass is 359 g/mol. The summed E-state index contributed by atoms with van der Waals surface area (Å²) in [5, 5.41) is 14.6. The molecule has 0 saturated carbocycles. The van der Waals surface area contributed by atoms with Crippen LogP contribution in [0.15, 0.2) is 35.5 Å². The number of carbonyl (C=O) groups is 2. The van der Waals surface area contributed by atoms with Gasteiger partial charge in [-0.3, -0.25) is 10.1 Å². The molecule has 8 nitrogen and oxygen atoms in total. The minimum Gasteiger partial charge on any atom is -0.463 e. The van der Waals surface area contributed by atoms with Crippen molar-refractivity contribution in [2.75, 3.05) is 6.61 Å². The number of urea groups is 1. The van der Waals surface area contributed by atoms with Gasteiger partial charge >= 0.3 is 18.2 Å². The molecule has 2 amide bonds. The second kappa shape index (κ2) is 6.79. The van der Waals surface area contributed by atoms with E-state index in [9.17, 15) is 32.9 Å². The lowest BCUT2D eigenvalue weighted by Crippen LogP contribution is -2.49. The number of hydrogen-bond acceptors (Lipinski definition) is 5. The van der Waals surface area contributed by atoms with E-state index >= 15 is 0 Å². The summed E-state index contributed by atoms with van der Waals surface area (Å²) in [7, 11) is 0. The minimum absolute atomic E-state index is 0.0612. The Kier molecular flexibility index (Phi) is 4.95. The summed E-state index contributed by atoms with van der Waals surface area (Å²) < 4.78 is 44.4. The molecule has 0 aromatic heterocycles. The van der Waals surface area contributed by atoms with Gasteiger partial charge in [-0.2, -0.15) is 13.2 Å². The van der Waals surface area contributed by atoms with E-state index in [0.717, 1.165) is 12.1 Å². The number of ether oxygens (including phenoxy) is 1. The zero-order valence-corrected chi connectivity index (χ0v) is 12.7. The fourth-order valence-corrected chi connectivity index (χ4v) is 2.28. The van der Waals surface area contributed by atoms with E-state index in [1.165, 1.54) is 19.1 Å². The molecule has 1 aromatic carbocycles. The molecule has 1 atom stereocenters. The van der Waals surface area contributed by atoms with Gasteiger partial charge in [-0.1, -0.05) is 12.1 Å². The zero-order valence-electron chi connectivity index (χ0n) is 12.7. The first-order valence-corrected chi connectivity index (χ1v) is 6.95. The Morgan fingerprint density at radius 3 is 2.64 bits per heavy atom. The lowest BCUT2D eigenvalue weighted by atomic mass is 9.94. The molecule has 0 aliphatic carbocycles. The highest BCUT2D eigenvalue weighted by Crippen LogP contribution is 2.36. The van der Waals surface area contributed by atoms with Crippen LogP contribution in [-0.4, -0.2) is 29.7 Å². The quantitative estimate of drug-likeness (QED) is 0.487. The number of alkyl halides is 3. The first-order chi connectivity index (χ1) is 11.6. The second-order valence-corrected chi connectivity index (χ2v) is 4.89. The predicted molar refractivity (Wildman–Crippen MR) is 77.2 cm³/mol. The Morgan fingerprint density at radius 1 is 1.40 bits per heavy atom. The van der Waals surface area contributed by atoms with Gasteiger partial charge in [0.1, 0.15) is 5.70 Å². The van der Waals surface area contributed by atoms with Gasteiger partial charge in [0, 0.05) is 12.1 Å². The van der Waals surface area contributed by atoms with Crippen LogP contribution < -0.4 is 10.6 Å². The molecule has 1 unspecified atom stereocenters. The van der Waals surface area contributed by atoms with Gasteiger partial charge in [0.15, 0.2) is 0 Å². The molecule has 1 aliphatic rings. The number of benzene rings is 1. The highest BCUT2D eigenvalue weighted by atomic mass is 19.4. The molecule has 0 saturated heterocycles. The summed E-state index contributed by atoms with van der Waals surface area (Å²) in [6.45, 7) is 1.21. The molecule has 0 fully saturated rings. The largest absolute Gasteiger partial charge is 0.463 e. The summed E-state index contributed by atoms with van der Waals surface area (Å²) in [5.41, 5.74) is -2.91. The molecule has 25 heavy (non-hydrogen) atoms. The van der Waals surface area contributed by atoms with Crippen LogP contribution in [0.4, 0.5) is 23.7 Å². The van der Waals surface area contributed by atoms with Crippen molar-refractivity contribution in [2.24, 2.45) is 0 Å². The van der Waals surface area contributed by atoms with Crippen molar-refractivity contribution in [1.29, 1.82) is 0 Å². The van der Waals surface area contributed by atoms with Crippen molar-refractivity contribution >= 4 is 17.7 Å². The van der Waals surface area contributed by atoms with Gasteiger partial charge in [0.25, 0.3) is 5.69 Å². The van der Waals surface area contributed by atoms with Crippen LogP contribution in [0.1, 0.15) is 18.5 Å². The predicted octanol–water partition coefficient (Wildman–Crippen LogP) is 2.33. The fourth-order valence-electron chi connectivity index (χ4n) is 2.28. The minimum atomic E-state index is -5.03. The van der Waals surface area contributed by atoms with Crippen LogP contribution >= 0.6 is 0 Å². The molecule has 2 N–H and O–H groups in total. The highest BCUT2D eigenvalue weighted by Gasteiger charge is 2.46. The Hall–Kier alpha value is -3.11. The number of allylic oxidation sites excluding steroid dienone is 1. The Balaban J connectivity index is 2.64.